The highest BCUT2D eigenvalue weighted by Gasteiger charge is 2.10. The summed E-state index contributed by atoms with van der Waals surface area (Å²) in [5.41, 5.74) is 1.33. The second-order valence-electron chi connectivity index (χ2n) is 4.48. The Morgan fingerprint density at radius 2 is 2.20 bits per heavy atom. The van der Waals surface area contributed by atoms with Crippen LogP contribution in [-0.4, -0.2) is 22.9 Å². The summed E-state index contributed by atoms with van der Waals surface area (Å²) in [7, 11) is 4.06. The molecule has 0 aromatic carbocycles. The molecule has 1 aromatic heterocycles. The smallest absolute Gasteiger partial charge is 0.0492 e. The third kappa shape index (κ3) is 3.67. The van der Waals surface area contributed by atoms with Crippen molar-refractivity contribution in [3.8, 4) is 0 Å². The van der Waals surface area contributed by atoms with Gasteiger partial charge in [0.2, 0.25) is 0 Å². The standard InChI is InChI=1S/C12H23N3/c1-10(2)12(13-3)7-5-6-11-8-9-14-15(11)4/h8-10,12-13H,5-7H2,1-4H3. The van der Waals surface area contributed by atoms with Gasteiger partial charge in [-0.2, -0.15) is 5.10 Å². The molecule has 3 heteroatoms. The molecule has 0 fully saturated rings. The van der Waals surface area contributed by atoms with Crippen LogP contribution in [0.4, 0.5) is 0 Å². The van der Waals surface area contributed by atoms with Crippen LogP contribution in [0.5, 0.6) is 0 Å². The fraction of sp³-hybridized carbons (Fsp3) is 0.750. The normalized spacial score (nSPS) is 13.4. The minimum absolute atomic E-state index is 0.637. The molecule has 1 rings (SSSR count). The molecule has 0 bridgehead atoms. The van der Waals surface area contributed by atoms with E-state index < -0.39 is 0 Å². The molecule has 15 heavy (non-hydrogen) atoms. The van der Waals surface area contributed by atoms with Gasteiger partial charge >= 0.3 is 0 Å². The van der Waals surface area contributed by atoms with Crippen molar-refractivity contribution in [3.05, 3.63) is 18.0 Å². The predicted molar refractivity (Wildman–Crippen MR) is 63.8 cm³/mol. The molecule has 1 heterocycles. The summed E-state index contributed by atoms with van der Waals surface area (Å²) < 4.78 is 1.96. The Morgan fingerprint density at radius 3 is 2.67 bits per heavy atom. The van der Waals surface area contributed by atoms with Crippen molar-refractivity contribution in [1.82, 2.24) is 15.1 Å². The lowest BCUT2D eigenvalue weighted by atomic mass is 9.98. The number of aryl methyl sites for hydroxylation is 2. The quantitative estimate of drug-likeness (QED) is 0.776. The van der Waals surface area contributed by atoms with Crippen molar-refractivity contribution in [2.24, 2.45) is 13.0 Å². The molecule has 0 aliphatic carbocycles. The number of nitrogens with zero attached hydrogens (tertiary/aromatic N) is 2. The lowest BCUT2D eigenvalue weighted by molar-refractivity contribution is 0.392. The molecule has 0 amide bonds. The van der Waals surface area contributed by atoms with Crippen LogP contribution in [0.1, 0.15) is 32.4 Å². The molecule has 0 radical (unpaired) electrons. The Balaban J connectivity index is 2.29. The van der Waals surface area contributed by atoms with Crippen LogP contribution in [0.15, 0.2) is 12.3 Å². The van der Waals surface area contributed by atoms with Crippen LogP contribution in [0.2, 0.25) is 0 Å². The molecular formula is C12H23N3. The minimum Gasteiger partial charge on any atom is -0.317 e. The van der Waals surface area contributed by atoms with Crippen LogP contribution in [-0.2, 0) is 13.5 Å². The van der Waals surface area contributed by atoms with Gasteiger partial charge in [-0.15, -0.1) is 0 Å². The van der Waals surface area contributed by atoms with Crippen LogP contribution < -0.4 is 5.32 Å². The fourth-order valence-corrected chi connectivity index (χ4v) is 1.96. The summed E-state index contributed by atoms with van der Waals surface area (Å²) >= 11 is 0. The fourth-order valence-electron chi connectivity index (χ4n) is 1.96. The molecule has 86 valence electrons. The van der Waals surface area contributed by atoms with Gasteiger partial charge in [-0.25, -0.2) is 0 Å². The molecule has 0 spiro atoms. The highest BCUT2D eigenvalue weighted by Crippen LogP contribution is 2.11. The Labute approximate surface area is 92.9 Å². The first kappa shape index (κ1) is 12.2. The highest BCUT2D eigenvalue weighted by atomic mass is 15.2. The highest BCUT2D eigenvalue weighted by molar-refractivity contribution is 4.99. The summed E-state index contributed by atoms with van der Waals surface area (Å²) in [6.45, 7) is 4.54. The van der Waals surface area contributed by atoms with Gasteiger partial charge in [0.15, 0.2) is 0 Å². The topological polar surface area (TPSA) is 29.9 Å². The number of nitrogens with one attached hydrogen (secondary N) is 1. The van der Waals surface area contributed by atoms with Crippen LogP contribution in [0.25, 0.3) is 0 Å². The van der Waals surface area contributed by atoms with E-state index in [1.54, 1.807) is 0 Å². The maximum absolute atomic E-state index is 4.17. The number of hydrogen-bond donors (Lipinski definition) is 1. The summed E-state index contributed by atoms with van der Waals surface area (Å²) in [5, 5.41) is 7.54. The Hall–Kier alpha value is -0.830. The first-order chi connectivity index (χ1) is 7.15. The van der Waals surface area contributed by atoms with E-state index in [1.807, 2.05) is 17.9 Å². The molecule has 0 saturated heterocycles. The minimum atomic E-state index is 0.637. The average molecular weight is 209 g/mol. The maximum atomic E-state index is 4.17. The zero-order valence-electron chi connectivity index (χ0n) is 10.3. The zero-order valence-corrected chi connectivity index (χ0v) is 10.3. The zero-order chi connectivity index (χ0) is 11.3. The third-order valence-corrected chi connectivity index (χ3v) is 3.05. The first-order valence-electron chi connectivity index (χ1n) is 5.79. The number of rotatable bonds is 6. The number of aromatic nitrogens is 2. The predicted octanol–water partition coefficient (Wildman–Crippen LogP) is 1.99. The van der Waals surface area contributed by atoms with Gasteiger partial charge < -0.3 is 5.32 Å². The van der Waals surface area contributed by atoms with Crippen molar-refractivity contribution in [2.45, 2.75) is 39.2 Å². The van der Waals surface area contributed by atoms with E-state index in [0.717, 1.165) is 6.42 Å². The van der Waals surface area contributed by atoms with Crippen molar-refractivity contribution >= 4 is 0 Å². The van der Waals surface area contributed by atoms with E-state index in [9.17, 15) is 0 Å². The average Bonchev–Trinajstić information content (AvgIpc) is 2.58. The Bertz CT molecular complexity index is 278. The second kappa shape index (κ2) is 5.91. The van der Waals surface area contributed by atoms with Gasteiger partial charge in [-0.1, -0.05) is 13.8 Å². The van der Waals surface area contributed by atoms with Crippen molar-refractivity contribution in [3.63, 3.8) is 0 Å². The van der Waals surface area contributed by atoms with Crippen molar-refractivity contribution in [2.75, 3.05) is 7.05 Å². The van der Waals surface area contributed by atoms with E-state index >= 15 is 0 Å². The van der Waals surface area contributed by atoms with Gasteiger partial charge in [0.25, 0.3) is 0 Å². The molecule has 3 nitrogen and oxygen atoms in total. The summed E-state index contributed by atoms with van der Waals surface area (Å²) in [6.07, 6.45) is 5.46. The Kier molecular flexibility index (Phi) is 4.82. The van der Waals surface area contributed by atoms with Crippen molar-refractivity contribution in [1.29, 1.82) is 0 Å². The van der Waals surface area contributed by atoms with Gasteiger partial charge in [0.1, 0.15) is 0 Å². The summed E-state index contributed by atoms with van der Waals surface area (Å²) in [5.74, 6) is 0.710. The molecule has 0 saturated carbocycles. The van der Waals surface area contributed by atoms with Crippen LogP contribution in [0, 0.1) is 5.92 Å². The van der Waals surface area contributed by atoms with E-state index in [2.05, 4.69) is 37.4 Å². The van der Waals surface area contributed by atoms with Gasteiger partial charge in [-0.3, -0.25) is 4.68 Å². The lowest BCUT2D eigenvalue weighted by Crippen LogP contribution is -2.30. The number of hydrogen-bond acceptors (Lipinski definition) is 2. The van der Waals surface area contributed by atoms with Crippen molar-refractivity contribution < 1.29 is 0 Å². The summed E-state index contributed by atoms with van der Waals surface area (Å²) in [4.78, 5) is 0. The first-order valence-corrected chi connectivity index (χ1v) is 5.79. The molecule has 1 aromatic rings. The molecule has 1 N–H and O–H groups in total. The lowest BCUT2D eigenvalue weighted by Gasteiger charge is -2.19. The Morgan fingerprint density at radius 1 is 1.47 bits per heavy atom. The molecule has 1 atom stereocenters. The molecule has 1 unspecified atom stereocenters. The molecule has 0 aliphatic heterocycles. The van der Waals surface area contributed by atoms with E-state index in [0.29, 0.717) is 12.0 Å². The van der Waals surface area contributed by atoms with Gasteiger partial charge in [0.05, 0.1) is 0 Å². The second-order valence-corrected chi connectivity index (χ2v) is 4.48. The van der Waals surface area contributed by atoms with Crippen LogP contribution >= 0.6 is 0 Å². The SMILES string of the molecule is CNC(CCCc1ccnn1C)C(C)C. The maximum Gasteiger partial charge on any atom is 0.0492 e. The molecule has 0 aliphatic rings. The monoisotopic (exact) mass is 209 g/mol. The van der Waals surface area contributed by atoms with Crippen LogP contribution in [0.3, 0.4) is 0 Å². The van der Waals surface area contributed by atoms with E-state index in [-0.39, 0.29) is 0 Å². The van der Waals surface area contributed by atoms with E-state index in [1.165, 1.54) is 18.5 Å². The third-order valence-electron chi connectivity index (χ3n) is 3.05. The van der Waals surface area contributed by atoms with E-state index in [4.69, 9.17) is 0 Å². The molecular weight excluding hydrogens is 186 g/mol. The largest absolute Gasteiger partial charge is 0.317 e. The van der Waals surface area contributed by atoms with Gasteiger partial charge in [0, 0.05) is 25.0 Å². The summed E-state index contributed by atoms with van der Waals surface area (Å²) in [6, 6.07) is 2.74. The van der Waals surface area contributed by atoms with Gasteiger partial charge in [-0.05, 0) is 38.3 Å².